The van der Waals surface area contributed by atoms with Crippen LogP contribution in [0.1, 0.15) is 10.4 Å². The molecule has 0 amide bonds. The third-order valence-electron chi connectivity index (χ3n) is 1.24. The first-order chi connectivity index (χ1) is 5.63. The van der Waals surface area contributed by atoms with Crippen LogP contribution in [-0.4, -0.2) is 17.2 Å². The predicted molar refractivity (Wildman–Crippen MR) is 39.6 cm³/mol. The van der Waals surface area contributed by atoms with E-state index in [2.05, 4.69) is 4.98 Å². The number of hydrogen-bond acceptors (Lipinski definition) is 2. The molecule has 0 aliphatic rings. The molecule has 0 aromatic carbocycles. The molecule has 2 nitrogen and oxygen atoms in total. The van der Waals surface area contributed by atoms with Gasteiger partial charge in [0.25, 0.3) is 0 Å². The quantitative estimate of drug-likeness (QED) is 0.671. The van der Waals surface area contributed by atoms with Gasteiger partial charge in [-0.25, -0.2) is 8.78 Å². The molecule has 1 aromatic rings. The topological polar surface area (TPSA) is 30.0 Å². The number of Topliss-reactive ketones (excluding diaryl/α,β-unsaturated/α-hetero) is 1. The Morgan fingerprint density at radius 1 is 1.58 bits per heavy atom. The Morgan fingerprint density at radius 3 is 2.75 bits per heavy atom. The number of halogens is 3. The van der Waals surface area contributed by atoms with E-state index < -0.39 is 12.2 Å². The van der Waals surface area contributed by atoms with Crippen molar-refractivity contribution in [3.8, 4) is 0 Å². The zero-order valence-electron chi connectivity index (χ0n) is 5.80. The standard InChI is InChI=1S/C7H4ClF2NO/c8-5-3-11-2-1-4(5)6(12)7(9)10/h1-3,7H. The number of pyridine rings is 1. The van der Waals surface area contributed by atoms with E-state index in [0.717, 1.165) is 12.3 Å². The minimum atomic E-state index is -3.02. The first-order valence-electron chi connectivity index (χ1n) is 3.05. The molecule has 0 aliphatic carbocycles. The summed E-state index contributed by atoms with van der Waals surface area (Å²) < 4.78 is 23.7. The highest BCUT2D eigenvalue weighted by atomic mass is 35.5. The average Bonchev–Trinajstić information content (AvgIpc) is 2.04. The zero-order chi connectivity index (χ0) is 9.14. The highest BCUT2D eigenvalue weighted by Crippen LogP contribution is 2.16. The van der Waals surface area contributed by atoms with E-state index >= 15 is 0 Å². The van der Waals surface area contributed by atoms with Crippen LogP contribution in [0.15, 0.2) is 18.5 Å². The first kappa shape index (κ1) is 9.06. The summed E-state index contributed by atoms with van der Waals surface area (Å²) in [6, 6.07) is 1.16. The van der Waals surface area contributed by atoms with Gasteiger partial charge in [0.15, 0.2) is 0 Å². The summed E-state index contributed by atoms with van der Waals surface area (Å²) >= 11 is 5.45. The van der Waals surface area contributed by atoms with Crippen LogP contribution in [0, 0.1) is 0 Å². The van der Waals surface area contributed by atoms with Gasteiger partial charge < -0.3 is 0 Å². The third kappa shape index (κ3) is 1.76. The van der Waals surface area contributed by atoms with Gasteiger partial charge in [0, 0.05) is 18.0 Å². The lowest BCUT2D eigenvalue weighted by molar-refractivity contribution is 0.0679. The summed E-state index contributed by atoms with van der Waals surface area (Å²) in [5.74, 6) is -1.28. The Hall–Kier alpha value is -1.03. The molecule has 64 valence electrons. The van der Waals surface area contributed by atoms with Crippen molar-refractivity contribution in [1.82, 2.24) is 4.98 Å². The summed E-state index contributed by atoms with van der Waals surface area (Å²) in [7, 11) is 0. The van der Waals surface area contributed by atoms with E-state index in [-0.39, 0.29) is 10.6 Å². The fourth-order valence-electron chi connectivity index (χ4n) is 0.693. The van der Waals surface area contributed by atoms with E-state index in [1.807, 2.05) is 0 Å². The Balaban J connectivity index is 3.03. The summed E-state index contributed by atoms with van der Waals surface area (Å²) in [5, 5.41) is -0.0530. The number of rotatable bonds is 2. The molecule has 0 spiro atoms. The summed E-state index contributed by atoms with van der Waals surface area (Å²) in [4.78, 5) is 14.3. The fourth-order valence-corrected chi connectivity index (χ4v) is 0.905. The highest BCUT2D eigenvalue weighted by molar-refractivity contribution is 6.33. The van der Waals surface area contributed by atoms with Crippen LogP contribution in [0.2, 0.25) is 5.02 Å². The van der Waals surface area contributed by atoms with Crippen molar-refractivity contribution in [3.05, 3.63) is 29.0 Å². The van der Waals surface area contributed by atoms with Crippen LogP contribution in [-0.2, 0) is 0 Å². The van der Waals surface area contributed by atoms with Crippen LogP contribution in [0.5, 0.6) is 0 Å². The Kier molecular flexibility index (Phi) is 2.70. The number of carbonyl (C=O) groups excluding carboxylic acids is 1. The van der Waals surface area contributed by atoms with Gasteiger partial charge in [-0.3, -0.25) is 9.78 Å². The molecule has 0 N–H and O–H groups in total. The summed E-state index contributed by atoms with van der Waals surface area (Å²) in [5.41, 5.74) is -0.193. The van der Waals surface area contributed by atoms with Crippen molar-refractivity contribution in [3.63, 3.8) is 0 Å². The maximum atomic E-state index is 11.9. The van der Waals surface area contributed by atoms with E-state index in [4.69, 9.17) is 11.6 Å². The van der Waals surface area contributed by atoms with Crippen LogP contribution < -0.4 is 0 Å². The van der Waals surface area contributed by atoms with Crippen molar-refractivity contribution in [1.29, 1.82) is 0 Å². The minimum absolute atomic E-state index is 0.0530. The van der Waals surface area contributed by atoms with Gasteiger partial charge in [-0.05, 0) is 6.07 Å². The largest absolute Gasteiger partial charge is 0.300 e. The molecule has 0 bridgehead atoms. The second-order valence-electron chi connectivity index (χ2n) is 2.02. The SMILES string of the molecule is O=C(c1ccncc1Cl)C(F)F. The molecule has 1 aromatic heterocycles. The molecule has 0 atom stereocenters. The molecule has 0 unspecified atom stereocenters. The summed E-state index contributed by atoms with van der Waals surface area (Å²) in [6.45, 7) is 0. The van der Waals surface area contributed by atoms with E-state index in [1.54, 1.807) is 0 Å². The molecule has 0 fully saturated rings. The number of aromatic nitrogens is 1. The van der Waals surface area contributed by atoms with E-state index in [1.165, 1.54) is 6.20 Å². The number of hydrogen-bond donors (Lipinski definition) is 0. The van der Waals surface area contributed by atoms with Gasteiger partial charge in [-0.15, -0.1) is 0 Å². The normalized spacial score (nSPS) is 10.3. The Morgan fingerprint density at radius 2 is 2.25 bits per heavy atom. The van der Waals surface area contributed by atoms with Crippen LogP contribution in [0.25, 0.3) is 0 Å². The molecule has 0 saturated carbocycles. The van der Waals surface area contributed by atoms with Gasteiger partial charge in [0.2, 0.25) is 5.78 Å². The van der Waals surface area contributed by atoms with Crippen LogP contribution in [0.4, 0.5) is 8.78 Å². The van der Waals surface area contributed by atoms with E-state index in [0.29, 0.717) is 0 Å². The molecule has 1 heterocycles. The van der Waals surface area contributed by atoms with Crippen molar-refractivity contribution in [2.75, 3.05) is 0 Å². The first-order valence-corrected chi connectivity index (χ1v) is 3.42. The van der Waals surface area contributed by atoms with Gasteiger partial charge in [-0.1, -0.05) is 11.6 Å². The smallest absolute Gasteiger partial charge is 0.288 e. The van der Waals surface area contributed by atoms with Gasteiger partial charge >= 0.3 is 6.43 Å². The Labute approximate surface area is 72.2 Å². The number of carbonyl (C=O) groups is 1. The maximum Gasteiger partial charge on any atom is 0.300 e. The second-order valence-corrected chi connectivity index (χ2v) is 2.43. The molecular formula is C7H4ClF2NO. The van der Waals surface area contributed by atoms with Gasteiger partial charge in [-0.2, -0.15) is 0 Å². The van der Waals surface area contributed by atoms with Gasteiger partial charge in [0.05, 0.1) is 5.02 Å². The molecule has 5 heteroatoms. The van der Waals surface area contributed by atoms with Crippen LogP contribution in [0.3, 0.4) is 0 Å². The molecule has 0 radical (unpaired) electrons. The fraction of sp³-hybridized carbons (Fsp3) is 0.143. The van der Waals surface area contributed by atoms with Crippen molar-refractivity contribution in [2.24, 2.45) is 0 Å². The third-order valence-corrected chi connectivity index (χ3v) is 1.54. The maximum absolute atomic E-state index is 11.9. The lowest BCUT2D eigenvalue weighted by Crippen LogP contribution is -2.10. The number of alkyl halides is 2. The molecule has 1 rings (SSSR count). The Bertz CT molecular complexity index is 303. The zero-order valence-corrected chi connectivity index (χ0v) is 6.55. The van der Waals surface area contributed by atoms with E-state index in [9.17, 15) is 13.6 Å². The molecular weight excluding hydrogens is 188 g/mol. The average molecular weight is 192 g/mol. The summed E-state index contributed by atoms with van der Waals surface area (Å²) in [6.07, 6.45) is -0.636. The second kappa shape index (κ2) is 3.58. The van der Waals surface area contributed by atoms with Crippen LogP contribution >= 0.6 is 11.6 Å². The van der Waals surface area contributed by atoms with Crippen molar-refractivity contribution in [2.45, 2.75) is 6.43 Å². The minimum Gasteiger partial charge on any atom is -0.288 e. The lowest BCUT2D eigenvalue weighted by Gasteiger charge is -1.99. The van der Waals surface area contributed by atoms with Crippen molar-refractivity contribution >= 4 is 17.4 Å². The molecule has 0 saturated heterocycles. The predicted octanol–water partition coefficient (Wildman–Crippen LogP) is 2.18. The number of nitrogens with zero attached hydrogens (tertiary/aromatic N) is 1. The van der Waals surface area contributed by atoms with Gasteiger partial charge in [0.1, 0.15) is 0 Å². The number of ketones is 1. The monoisotopic (exact) mass is 191 g/mol. The highest BCUT2D eigenvalue weighted by Gasteiger charge is 2.19. The molecule has 12 heavy (non-hydrogen) atoms. The lowest BCUT2D eigenvalue weighted by atomic mass is 10.2. The molecule has 0 aliphatic heterocycles. The van der Waals surface area contributed by atoms with Crippen molar-refractivity contribution < 1.29 is 13.6 Å².